The molecule has 0 aromatic heterocycles. The molecule has 0 spiro atoms. The zero-order valence-corrected chi connectivity index (χ0v) is 12.7. The molecule has 0 radical (unpaired) electrons. The number of aliphatic hydroxyl groups excluding tert-OH is 1. The Labute approximate surface area is 124 Å². The van der Waals surface area contributed by atoms with Crippen LogP contribution in [0.5, 0.6) is 0 Å². The van der Waals surface area contributed by atoms with Gasteiger partial charge in [-0.05, 0) is 51.5 Å². The third-order valence-corrected chi connectivity index (χ3v) is 5.80. The molecular formula is C16H22O5. The molecule has 116 valence electrons. The average molecular weight is 294 g/mol. The van der Waals surface area contributed by atoms with Gasteiger partial charge in [-0.1, -0.05) is 0 Å². The lowest BCUT2D eigenvalue weighted by Gasteiger charge is -2.57. The maximum absolute atomic E-state index is 12.4. The van der Waals surface area contributed by atoms with Crippen molar-refractivity contribution >= 4 is 11.9 Å². The largest absolute Gasteiger partial charge is 0.466 e. The van der Waals surface area contributed by atoms with E-state index in [1.54, 1.807) is 6.92 Å². The van der Waals surface area contributed by atoms with E-state index >= 15 is 0 Å². The highest BCUT2D eigenvalue weighted by Gasteiger charge is 2.74. The number of carbonyl (C=O) groups is 2. The van der Waals surface area contributed by atoms with Gasteiger partial charge in [0.15, 0.2) is 0 Å². The lowest BCUT2D eigenvalue weighted by Crippen LogP contribution is -2.59. The molecule has 1 aliphatic heterocycles. The van der Waals surface area contributed by atoms with Gasteiger partial charge < -0.3 is 14.6 Å². The van der Waals surface area contributed by atoms with Crippen molar-refractivity contribution in [2.24, 2.45) is 17.3 Å². The highest BCUT2D eigenvalue weighted by Crippen LogP contribution is 2.70. The first-order valence-corrected chi connectivity index (χ1v) is 7.52. The van der Waals surface area contributed by atoms with Crippen LogP contribution < -0.4 is 0 Å². The first-order chi connectivity index (χ1) is 9.83. The molecule has 0 amide bonds. The summed E-state index contributed by atoms with van der Waals surface area (Å²) in [6.07, 6.45) is 3.90. The monoisotopic (exact) mass is 294 g/mol. The molecule has 4 bridgehead atoms. The summed E-state index contributed by atoms with van der Waals surface area (Å²) in [5.41, 5.74) is -0.536. The Morgan fingerprint density at radius 2 is 2.33 bits per heavy atom. The molecule has 1 saturated heterocycles. The predicted octanol–water partition coefficient (Wildman–Crippen LogP) is 1.59. The fourth-order valence-corrected chi connectivity index (χ4v) is 4.69. The van der Waals surface area contributed by atoms with Crippen molar-refractivity contribution in [3.05, 3.63) is 11.6 Å². The lowest BCUT2D eigenvalue weighted by atomic mass is 9.43. The number of esters is 2. The topological polar surface area (TPSA) is 72.8 Å². The summed E-state index contributed by atoms with van der Waals surface area (Å²) in [6, 6.07) is 0. The number of hydrogen-bond donors (Lipinski definition) is 1. The number of ether oxygens (including phenoxy) is 2. The van der Waals surface area contributed by atoms with Crippen LogP contribution in [0, 0.1) is 17.3 Å². The molecule has 5 heteroatoms. The molecule has 4 rings (SSSR count). The summed E-state index contributed by atoms with van der Waals surface area (Å²) in [5, 5.41) is 10.3. The van der Waals surface area contributed by atoms with E-state index < -0.39 is 17.5 Å². The van der Waals surface area contributed by atoms with Gasteiger partial charge in [0, 0.05) is 11.5 Å². The fraction of sp³-hybridized carbons (Fsp3) is 0.750. The van der Waals surface area contributed by atoms with Gasteiger partial charge in [-0.3, -0.25) is 4.79 Å². The molecule has 0 aromatic carbocycles. The molecule has 1 heterocycles. The van der Waals surface area contributed by atoms with Crippen LogP contribution in [0.2, 0.25) is 0 Å². The number of carbonyl (C=O) groups excluding carboxylic acids is 2. The van der Waals surface area contributed by atoms with Gasteiger partial charge in [-0.25, -0.2) is 4.79 Å². The Kier molecular flexibility index (Phi) is 3.17. The van der Waals surface area contributed by atoms with E-state index in [1.807, 2.05) is 6.92 Å². The molecular weight excluding hydrogens is 272 g/mol. The van der Waals surface area contributed by atoms with Gasteiger partial charge in [0.1, 0.15) is 5.60 Å². The number of fused-ring (bicyclic) bond motifs is 1. The van der Waals surface area contributed by atoms with Crippen LogP contribution in [0.25, 0.3) is 0 Å². The molecule has 4 fully saturated rings. The molecule has 5 nitrogen and oxygen atoms in total. The van der Waals surface area contributed by atoms with Crippen molar-refractivity contribution in [2.45, 2.75) is 51.2 Å². The Balaban J connectivity index is 1.79. The second kappa shape index (κ2) is 4.57. The maximum Gasteiger partial charge on any atom is 0.333 e. The van der Waals surface area contributed by atoms with Crippen LogP contribution in [0.15, 0.2) is 11.6 Å². The Hall–Kier alpha value is -1.36. The van der Waals surface area contributed by atoms with E-state index in [9.17, 15) is 14.7 Å². The lowest BCUT2D eigenvalue weighted by molar-refractivity contribution is -0.157. The van der Waals surface area contributed by atoms with Gasteiger partial charge in [-0.2, -0.15) is 0 Å². The van der Waals surface area contributed by atoms with Crippen molar-refractivity contribution in [3.63, 3.8) is 0 Å². The number of rotatable bonds is 4. The third-order valence-electron chi connectivity index (χ3n) is 5.80. The highest BCUT2D eigenvalue weighted by atomic mass is 16.6. The van der Waals surface area contributed by atoms with Crippen LogP contribution >= 0.6 is 0 Å². The number of aliphatic hydroxyl groups is 1. The van der Waals surface area contributed by atoms with Crippen LogP contribution in [0.1, 0.15) is 39.5 Å². The van der Waals surface area contributed by atoms with Crippen molar-refractivity contribution in [1.29, 1.82) is 0 Å². The Morgan fingerprint density at radius 1 is 1.62 bits per heavy atom. The van der Waals surface area contributed by atoms with E-state index in [0.717, 1.165) is 19.3 Å². The summed E-state index contributed by atoms with van der Waals surface area (Å²) in [5.74, 6) is -0.101. The first kappa shape index (κ1) is 14.6. The predicted molar refractivity (Wildman–Crippen MR) is 74.2 cm³/mol. The van der Waals surface area contributed by atoms with E-state index in [4.69, 9.17) is 4.74 Å². The van der Waals surface area contributed by atoms with Gasteiger partial charge in [0.05, 0.1) is 18.6 Å². The van der Waals surface area contributed by atoms with Crippen molar-refractivity contribution in [2.75, 3.05) is 7.11 Å². The zero-order chi connectivity index (χ0) is 15.4. The number of hydrogen-bond acceptors (Lipinski definition) is 5. The molecule has 21 heavy (non-hydrogen) atoms. The van der Waals surface area contributed by atoms with E-state index in [0.29, 0.717) is 17.9 Å². The maximum atomic E-state index is 12.4. The molecule has 4 aliphatic rings. The van der Waals surface area contributed by atoms with Crippen LogP contribution in [0.4, 0.5) is 0 Å². The van der Waals surface area contributed by atoms with Crippen LogP contribution in [-0.2, 0) is 19.1 Å². The third kappa shape index (κ3) is 1.86. The zero-order valence-electron chi connectivity index (χ0n) is 12.7. The van der Waals surface area contributed by atoms with Crippen LogP contribution in [-0.4, -0.2) is 35.9 Å². The Morgan fingerprint density at radius 3 is 2.95 bits per heavy atom. The molecule has 3 saturated carbocycles. The summed E-state index contributed by atoms with van der Waals surface area (Å²) < 4.78 is 10.3. The minimum Gasteiger partial charge on any atom is -0.466 e. The van der Waals surface area contributed by atoms with E-state index in [2.05, 4.69) is 4.74 Å². The SMILES string of the molecule is COC(=O)/C(C)=C/[C@H](O)C[C@@]12C(=O)O[C@]3(C)CC[C@H]1C[C@H]23. The first-order valence-electron chi connectivity index (χ1n) is 7.52. The Bertz CT molecular complexity index is 523. The highest BCUT2D eigenvalue weighted by molar-refractivity contribution is 5.87. The molecule has 0 aromatic rings. The summed E-state index contributed by atoms with van der Waals surface area (Å²) in [6.45, 7) is 3.61. The normalized spacial score (nSPS) is 42.1. The van der Waals surface area contributed by atoms with E-state index in [-0.39, 0.29) is 17.5 Å². The smallest absolute Gasteiger partial charge is 0.333 e. The molecule has 1 N–H and O–H groups in total. The van der Waals surface area contributed by atoms with Gasteiger partial charge >= 0.3 is 11.9 Å². The number of methoxy groups -OCH3 is 1. The summed E-state index contributed by atoms with van der Waals surface area (Å²) >= 11 is 0. The van der Waals surface area contributed by atoms with Crippen molar-refractivity contribution in [3.8, 4) is 0 Å². The van der Waals surface area contributed by atoms with E-state index in [1.165, 1.54) is 13.2 Å². The quantitative estimate of drug-likeness (QED) is 0.629. The van der Waals surface area contributed by atoms with Crippen molar-refractivity contribution in [1.82, 2.24) is 0 Å². The fourth-order valence-electron chi connectivity index (χ4n) is 4.69. The second-order valence-corrected chi connectivity index (χ2v) is 6.88. The van der Waals surface area contributed by atoms with Gasteiger partial charge in [0.25, 0.3) is 0 Å². The van der Waals surface area contributed by atoms with Crippen molar-refractivity contribution < 1.29 is 24.2 Å². The van der Waals surface area contributed by atoms with Gasteiger partial charge in [0.2, 0.25) is 0 Å². The van der Waals surface area contributed by atoms with Gasteiger partial charge in [-0.15, -0.1) is 0 Å². The minimum absolute atomic E-state index is 0.160. The summed E-state index contributed by atoms with van der Waals surface area (Å²) in [7, 11) is 1.31. The van der Waals surface area contributed by atoms with Crippen LogP contribution in [0.3, 0.4) is 0 Å². The summed E-state index contributed by atoms with van der Waals surface area (Å²) in [4.78, 5) is 23.8. The second-order valence-electron chi connectivity index (χ2n) is 6.88. The molecule has 5 atom stereocenters. The molecule has 0 unspecified atom stereocenters. The minimum atomic E-state index is -0.831. The standard InChI is InChI=1S/C16H22O5/c1-9(13(18)20-3)6-11(17)8-16-10-4-5-15(2,12(16)7-10)21-14(16)19/h6,10-12,17H,4-5,7-8H2,1-3H3/b9-6+/t10-,11-,12-,15+,16+/m0/s1. The molecule has 3 aliphatic carbocycles. The average Bonchev–Trinajstić information content (AvgIpc) is 2.51.